The summed E-state index contributed by atoms with van der Waals surface area (Å²) in [4.78, 5) is 6.09. The van der Waals surface area contributed by atoms with E-state index in [1.54, 1.807) is 17.7 Å². The molecule has 3 rings (SSSR count). The monoisotopic (exact) mass is 428 g/mol. The first-order valence-electron chi connectivity index (χ1n) is 10.5. The van der Waals surface area contributed by atoms with Gasteiger partial charge in [0.25, 0.3) is 0 Å². The standard InChI is InChI=1S/C21H32N8S/c1-5-20-26-24-15-28(20)12-10-23-21(25-18(4)19-8-6-13-30-19)22-9-7-11-29-17(3)14-16(2)27-29/h6,8,13-15,18H,5,7,9-12H2,1-4H3,(H2,22,23,25). The molecule has 0 aliphatic carbocycles. The summed E-state index contributed by atoms with van der Waals surface area (Å²) < 4.78 is 4.13. The molecule has 0 aromatic carbocycles. The lowest BCUT2D eigenvalue weighted by Crippen LogP contribution is -2.40. The highest BCUT2D eigenvalue weighted by Gasteiger charge is 2.09. The van der Waals surface area contributed by atoms with Crippen molar-refractivity contribution in [2.24, 2.45) is 4.99 Å². The number of hydrogen-bond acceptors (Lipinski definition) is 5. The topological polar surface area (TPSA) is 85.0 Å². The van der Waals surface area contributed by atoms with Crippen molar-refractivity contribution in [1.82, 2.24) is 35.2 Å². The molecule has 3 aromatic rings. The lowest BCUT2D eigenvalue weighted by molar-refractivity contribution is 0.565. The van der Waals surface area contributed by atoms with Crippen LogP contribution < -0.4 is 10.6 Å². The molecule has 0 aliphatic heterocycles. The Morgan fingerprint density at radius 1 is 1.30 bits per heavy atom. The maximum atomic E-state index is 4.80. The summed E-state index contributed by atoms with van der Waals surface area (Å²) in [6.07, 6.45) is 3.60. The third-order valence-corrected chi connectivity index (χ3v) is 5.94. The van der Waals surface area contributed by atoms with Gasteiger partial charge < -0.3 is 15.2 Å². The molecule has 0 bridgehead atoms. The molecule has 3 aromatic heterocycles. The van der Waals surface area contributed by atoms with E-state index >= 15 is 0 Å². The number of hydrogen-bond donors (Lipinski definition) is 2. The molecule has 162 valence electrons. The van der Waals surface area contributed by atoms with Crippen molar-refractivity contribution in [2.45, 2.75) is 59.7 Å². The number of thiophene rings is 1. The van der Waals surface area contributed by atoms with Crippen molar-refractivity contribution in [3.63, 3.8) is 0 Å². The van der Waals surface area contributed by atoms with Gasteiger partial charge in [0.05, 0.1) is 11.7 Å². The van der Waals surface area contributed by atoms with Gasteiger partial charge >= 0.3 is 0 Å². The molecule has 0 amide bonds. The minimum atomic E-state index is 0.202. The van der Waals surface area contributed by atoms with E-state index in [1.807, 2.05) is 6.92 Å². The van der Waals surface area contributed by atoms with Gasteiger partial charge in [0.15, 0.2) is 5.96 Å². The van der Waals surface area contributed by atoms with Crippen molar-refractivity contribution < 1.29 is 0 Å². The molecule has 0 saturated carbocycles. The van der Waals surface area contributed by atoms with E-state index in [0.29, 0.717) is 0 Å². The van der Waals surface area contributed by atoms with Crippen LogP contribution >= 0.6 is 11.3 Å². The van der Waals surface area contributed by atoms with Crippen LogP contribution in [0.25, 0.3) is 0 Å². The number of guanidine groups is 1. The first kappa shape index (κ1) is 22.0. The molecule has 9 heteroatoms. The Bertz CT molecular complexity index is 925. The molecule has 0 saturated heterocycles. The normalized spacial score (nSPS) is 12.9. The molecule has 0 aliphatic rings. The number of aliphatic imine (C=N–C) groups is 1. The Hall–Kier alpha value is -2.68. The zero-order chi connectivity index (χ0) is 21.3. The Morgan fingerprint density at radius 2 is 2.17 bits per heavy atom. The van der Waals surface area contributed by atoms with Crippen LogP contribution in [0.1, 0.15) is 48.4 Å². The first-order chi connectivity index (χ1) is 14.6. The summed E-state index contributed by atoms with van der Waals surface area (Å²) >= 11 is 1.75. The van der Waals surface area contributed by atoms with Gasteiger partial charge in [-0.2, -0.15) is 5.10 Å². The minimum absolute atomic E-state index is 0.202. The molecule has 2 N–H and O–H groups in total. The number of rotatable bonds is 10. The maximum Gasteiger partial charge on any atom is 0.191 e. The van der Waals surface area contributed by atoms with Crippen LogP contribution in [0.5, 0.6) is 0 Å². The fourth-order valence-electron chi connectivity index (χ4n) is 3.31. The molecule has 0 spiro atoms. The van der Waals surface area contributed by atoms with Crippen LogP contribution in [-0.2, 0) is 19.5 Å². The molecule has 1 atom stereocenters. The van der Waals surface area contributed by atoms with Crippen molar-refractivity contribution in [3.05, 3.63) is 52.0 Å². The fourth-order valence-corrected chi connectivity index (χ4v) is 4.05. The van der Waals surface area contributed by atoms with Gasteiger partial charge in [-0.25, -0.2) is 0 Å². The van der Waals surface area contributed by atoms with Crippen LogP contribution in [0.3, 0.4) is 0 Å². The van der Waals surface area contributed by atoms with Gasteiger partial charge in [-0.3, -0.25) is 9.67 Å². The number of aryl methyl sites for hydroxylation is 4. The number of nitrogens with one attached hydrogen (secondary N) is 2. The highest BCUT2D eigenvalue weighted by Crippen LogP contribution is 2.17. The van der Waals surface area contributed by atoms with Gasteiger partial charge in [-0.05, 0) is 44.7 Å². The second kappa shape index (κ2) is 10.9. The third-order valence-electron chi connectivity index (χ3n) is 4.88. The summed E-state index contributed by atoms with van der Waals surface area (Å²) in [5.41, 5.74) is 2.25. The number of nitrogens with zero attached hydrogens (tertiary/aromatic N) is 6. The molecule has 0 fully saturated rings. The van der Waals surface area contributed by atoms with Gasteiger partial charge in [0.2, 0.25) is 0 Å². The van der Waals surface area contributed by atoms with E-state index in [-0.39, 0.29) is 6.04 Å². The Kier molecular flexibility index (Phi) is 8.01. The zero-order valence-electron chi connectivity index (χ0n) is 18.3. The van der Waals surface area contributed by atoms with E-state index < -0.39 is 0 Å². The number of aromatic nitrogens is 5. The lowest BCUT2D eigenvalue weighted by atomic mass is 10.3. The van der Waals surface area contributed by atoms with E-state index in [0.717, 1.165) is 56.5 Å². The van der Waals surface area contributed by atoms with E-state index in [9.17, 15) is 0 Å². The largest absolute Gasteiger partial charge is 0.355 e. The molecule has 8 nitrogen and oxygen atoms in total. The van der Waals surface area contributed by atoms with Gasteiger partial charge in [0.1, 0.15) is 12.2 Å². The SMILES string of the molecule is CCc1nncn1CCNC(=NCCCn1nc(C)cc1C)NC(C)c1cccs1. The van der Waals surface area contributed by atoms with Crippen LogP contribution in [0, 0.1) is 13.8 Å². The second-order valence-corrected chi connectivity index (χ2v) is 8.32. The van der Waals surface area contributed by atoms with Gasteiger partial charge in [-0.1, -0.05) is 13.0 Å². The van der Waals surface area contributed by atoms with E-state index in [4.69, 9.17) is 4.99 Å². The fraction of sp³-hybridized carbons (Fsp3) is 0.524. The lowest BCUT2D eigenvalue weighted by Gasteiger charge is -2.18. The van der Waals surface area contributed by atoms with Crippen LogP contribution in [0.15, 0.2) is 34.9 Å². The van der Waals surface area contributed by atoms with E-state index in [1.165, 1.54) is 10.6 Å². The summed E-state index contributed by atoms with van der Waals surface area (Å²) in [5.74, 6) is 1.83. The second-order valence-electron chi connectivity index (χ2n) is 7.34. The van der Waals surface area contributed by atoms with Crippen LogP contribution in [-0.4, -0.2) is 43.6 Å². The van der Waals surface area contributed by atoms with Crippen molar-refractivity contribution in [2.75, 3.05) is 13.1 Å². The maximum absolute atomic E-state index is 4.80. The Labute approximate surface area is 182 Å². The molecule has 1 unspecified atom stereocenters. The summed E-state index contributed by atoms with van der Waals surface area (Å²) in [6, 6.07) is 6.53. The molecule has 3 heterocycles. The van der Waals surface area contributed by atoms with Crippen molar-refractivity contribution in [3.8, 4) is 0 Å². The van der Waals surface area contributed by atoms with Gasteiger partial charge in [0, 0.05) is 43.2 Å². The molecule has 30 heavy (non-hydrogen) atoms. The predicted molar refractivity (Wildman–Crippen MR) is 122 cm³/mol. The minimum Gasteiger partial charge on any atom is -0.355 e. The Morgan fingerprint density at radius 3 is 2.87 bits per heavy atom. The third kappa shape index (κ3) is 6.16. The zero-order valence-corrected chi connectivity index (χ0v) is 19.1. The van der Waals surface area contributed by atoms with Gasteiger partial charge in [-0.15, -0.1) is 21.5 Å². The molecule has 0 radical (unpaired) electrons. The average molecular weight is 429 g/mol. The first-order valence-corrected chi connectivity index (χ1v) is 11.4. The summed E-state index contributed by atoms with van der Waals surface area (Å²) in [6.45, 7) is 11.5. The van der Waals surface area contributed by atoms with Crippen molar-refractivity contribution >= 4 is 17.3 Å². The smallest absolute Gasteiger partial charge is 0.191 e. The predicted octanol–water partition coefficient (Wildman–Crippen LogP) is 3.10. The Balaban J connectivity index is 1.56. The van der Waals surface area contributed by atoms with E-state index in [2.05, 4.69) is 79.5 Å². The van der Waals surface area contributed by atoms with Crippen LogP contribution in [0.2, 0.25) is 0 Å². The average Bonchev–Trinajstić information content (AvgIpc) is 3.46. The summed E-state index contributed by atoms with van der Waals surface area (Å²) in [5, 5.41) is 21.8. The van der Waals surface area contributed by atoms with Crippen LogP contribution in [0.4, 0.5) is 0 Å². The quantitative estimate of drug-likeness (QED) is 0.294. The summed E-state index contributed by atoms with van der Waals surface area (Å²) in [7, 11) is 0. The van der Waals surface area contributed by atoms with Crippen molar-refractivity contribution in [1.29, 1.82) is 0 Å². The highest BCUT2D eigenvalue weighted by atomic mass is 32.1. The highest BCUT2D eigenvalue weighted by molar-refractivity contribution is 7.10. The molecular weight excluding hydrogens is 396 g/mol. The molecular formula is C21H32N8S.